The van der Waals surface area contributed by atoms with Gasteiger partial charge in [0.15, 0.2) is 5.65 Å². The zero-order valence-corrected chi connectivity index (χ0v) is 17.8. The minimum Gasteiger partial charge on any atom is -0.339 e. The number of pyridine rings is 1. The van der Waals surface area contributed by atoms with Crippen molar-refractivity contribution in [3.8, 4) is 0 Å². The van der Waals surface area contributed by atoms with E-state index in [9.17, 15) is 9.59 Å². The van der Waals surface area contributed by atoms with E-state index < -0.39 is 0 Å². The van der Waals surface area contributed by atoms with Crippen LogP contribution in [0.5, 0.6) is 0 Å². The van der Waals surface area contributed by atoms with Crippen molar-refractivity contribution in [3.63, 3.8) is 0 Å². The lowest BCUT2D eigenvalue weighted by molar-refractivity contribution is -0.133. The highest BCUT2D eigenvalue weighted by atomic mass is 16.2. The molecule has 0 unspecified atom stereocenters. The Hall–Kier alpha value is -2.44. The van der Waals surface area contributed by atoms with Crippen LogP contribution in [0.15, 0.2) is 6.07 Å². The van der Waals surface area contributed by atoms with Crippen molar-refractivity contribution in [3.05, 3.63) is 23.0 Å². The van der Waals surface area contributed by atoms with E-state index in [0.29, 0.717) is 38.2 Å². The van der Waals surface area contributed by atoms with Gasteiger partial charge in [0.1, 0.15) is 0 Å². The molecule has 2 amide bonds. The molecule has 0 N–H and O–H groups in total. The van der Waals surface area contributed by atoms with E-state index >= 15 is 0 Å². The van der Waals surface area contributed by atoms with Gasteiger partial charge in [0.2, 0.25) is 5.91 Å². The van der Waals surface area contributed by atoms with Crippen LogP contribution in [-0.4, -0.2) is 62.6 Å². The summed E-state index contributed by atoms with van der Waals surface area (Å²) in [5.74, 6) is 0.991. The SMILES string of the molecule is Cc1cc(C(=O)N2CCN(C(=O)CCC3CCCC3)CC2)c2c(C)nn(C)c2n1. The molecule has 1 saturated carbocycles. The van der Waals surface area contributed by atoms with E-state index in [1.807, 2.05) is 36.8 Å². The van der Waals surface area contributed by atoms with Crippen LogP contribution in [0, 0.1) is 19.8 Å². The Bertz CT molecular complexity index is 921. The monoisotopic (exact) mass is 397 g/mol. The molecule has 3 heterocycles. The number of aromatic nitrogens is 3. The molecule has 0 spiro atoms. The Morgan fingerprint density at radius 1 is 1.07 bits per heavy atom. The van der Waals surface area contributed by atoms with Crippen LogP contribution < -0.4 is 0 Å². The molecule has 2 aromatic rings. The molecule has 156 valence electrons. The van der Waals surface area contributed by atoms with Gasteiger partial charge in [0, 0.05) is 45.3 Å². The van der Waals surface area contributed by atoms with Crippen molar-refractivity contribution in [1.29, 1.82) is 0 Å². The average Bonchev–Trinajstić information content (AvgIpc) is 3.33. The van der Waals surface area contributed by atoms with Gasteiger partial charge in [0.05, 0.1) is 16.6 Å². The fraction of sp³-hybridized carbons (Fsp3) is 0.636. The Morgan fingerprint density at radius 3 is 2.41 bits per heavy atom. The van der Waals surface area contributed by atoms with Crippen LogP contribution in [-0.2, 0) is 11.8 Å². The van der Waals surface area contributed by atoms with Crippen molar-refractivity contribution in [2.45, 2.75) is 52.4 Å². The number of amides is 2. The maximum Gasteiger partial charge on any atom is 0.254 e. The molecular weight excluding hydrogens is 366 g/mol. The van der Waals surface area contributed by atoms with E-state index in [4.69, 9.17) is 0 Å². The predicted octanol–water partition coefficient (Wildman–Crippen LogP) is 2.84. The van der Waals surface area contributed by atoms with E-state index in [2.05, 4.69) is 10.1 Å². The van der Waals surface area contributed by atoms with E-state index in [1.165, 1.54) is 25.7 Å². The number of rotatable bonds is 4. The Kier molecular flexibility index (Phi) is 5.56. The lowest BCUT2D eigenvalue weighted by Crippen LogP contribution is -2.50. The molecule has 1 aliphatic carbocycles. The number of nitrogens with zero attached hydrogens (tertiary/aromatic N) is 5. The van der Waals surface area contributed by atoms with Gasteiger partial charge in [-0.1, -0.05) is 25.7 Å². The second kappa shape index (κ2) is 8.13. The molecule has 7 heteroatoms. The van der Waals surface area contributed by atoms with Crippen molar-refractivity contribution in [2.75, 3.05) is 26.2 Å². The van der Waals surface area contributed by atoms with Gasteiger partial charge in [-0.3, -0.25) is 14.3 Å². The standard InChI is InChI=1S/C22H31N5O2/c1-15-14-18(20-16(2)24-25(3)21(20)23-15)22(29)27-12-10-26(11-13-27)19(28)9-8-17-6-4-5-7-17/h14,17H,4-13H2,1-3H3. The third-order valence-electron chi connectivity index (χ3n) is 6.49. The third-order valence-corrected chi connectivity index (χ3v) is 6.49. The van der Waals surface area contributed by atoms with Gasteiger partial charge in [0.25, 0.3) is 5.91 Å². The largest absolute Gasteiger partial charge is 0.339 e. The topological polar surface area (TPSA) is 71.3 Å². The summed E-state index contributed by atoms with van der Waals surface area (Å²) < 4.78 is 1.73. The number of piperazine rings is 1. The quantitative estimate of drug-likeness (QED) is 0.795. The molecular formula is C22H31N5O2. The number of fused-ring (bicyclic) bond motifs is 1. The summed E-state index contributed by atoms with van der Waals surface area (Å²) in [5, 5.41) is 5.27. The summed E-state index contributed by atoms with van der Waals surface area (Å²) in [4.78, 5) is 34.2. The van der Waals surface area contributed by atoms with Crippen molar-refractivity contribution in [1.82, 2.24) is 24.6 Å². The average molecular weight is 398 g/mol. The molecule has 2 aromatic heterocycles. The maximum absolute atomic E-state index is 13.3. The zero-order chi connectivity index (χ0) is 20.5. The molecule has 0 radical (unpaired) electrons. The van der Waals surface area contributed by atoms with Gasteiger partial charge in [-0.2, -0.15) is 5.10 Å². The Labute approximate surface area is 172 Å². The molecule has 29 heavy (non-hydrogen) atoms. The normalized spacial score (nSPS) is 18.0. The number of hydrogen-bond donors (Lipinski definition) is 0. The summed E-state index contributed by atoms with van der Waals surface area (Å²) in [6, 6.07) is 1.86. The molecule has 2 fully saturated rings. The second-order valence-electron chi connectivity index (χ2n) is 8.58. The van der Waals surface area contributed by atoms with Gasteiger partial charge in [-0.15, -0.1) is 0 Å². The molecule has 1 saturated heterocycles. The first-order valence-electron chi connectivity index (χ1n) is 10.8. The van der Waals surface area contributed by atoms with Crippen molar-refractivity contribution in [2.24, 2.45) is 13.0 Å². The van der Waals surface area contributed by atoms with Gasteiger partial charge in [-0.05, 0) is 32.3 Å². The third kappa shape index (κ3) is 4.00. The van der Waals surface area contributed by atoms with Crippen LogP contribution in [0.3, 0.4) is 0 Å². The number of carbonyl (C=O) groups is 2. The number of aryl methyl sites for hydroxylation is 3. The summed E-state index contributed by atoms with van der Waals surface area (Å²) in [7, 11) is 1.85. The van der Waals surface area contributed by atoms with Crippen LogP contribution in [0.25, 0.3) is 11.0 Å². The van der Waals surface area contributed by atoms with Crippen molar-refractivity contribution >= 4 is 22.8 Å². The molecule has 1 aliphatic heterocycles. The van der Waals surface area contributed by atoms with Crippen LogP contribution in [0.2, 0.25) is 0 Å². The molecule has 0 atom stereocenters. The molecule has 0 bridgehead atoms. The highest BCUT2D eigenvalue weighted by Gasteiger charge is 2.28. The highest BCUT2D eigenvalue weighted by Crippen LogP contribution is 2.29. The van der Waals surface area contributed by atoms with Crippen LogP contribution >= 0.6 is 0 Å². The van der Waals surface area contributed by atoms with E-state index in [1.54, 1.807) is 4.68 Å². The van der Waals surface area contributed by atoms with Gasteiger partial charge >= 0.3 is 0 Å². The second-order valence-corrected chi connectivity index (χ2v) is 8.58. The van der Waals surface area contributed by atoms with E-state index in [-0.39, 0.29) is 11.8 Å². The lowest BCUT2D eigenvalue weighted by atomic mass is 10.0. The molecule has 0 aromatic carbocycles. The predicted molar refractivity (Wildman–Crippen MR) is 112 cm³/mol. The Morgan fingerprint density at radius 2 is 1.72 bits per heavy atom. The molecule has 2 aliphatic rings. The fourth-order valence-electron chi connectivity index (χ4n) is 4.85. The van der Waals surface area contributed by atoms with Gasteiger partial charge < -0.3 is 9.80 Å². The smallest absolute Gasteiger partial charge is 0.254 e. The first kappa shape index (κ1) is 19.9. The Balaban J connectivity index is 1.40. The highest BCUT2D eigenvalue weighted by molar-refractivity contribution is 6.06. The minimum absolute atomic E-state index is 0.00894. The summed E-state index contributed by atoms with van der Waals surface area (Å²) in [5.41, 5.74) is 3.04. The first-order valence-corrected chi connectivity index (χ1v) is 10.8. The van der Waals surface area contributed by atoms with Crippen molar-refractivity contribution < 1.29 is 9.59 Å². The summed E-state index contributed by atoms with van der Waals surface area (Å²) >= 11 is 0. The number of carbonyl (C=O) groups excluding carboxylic acids is 2. The summed E-state index contributed by atoms with van der Waals surface area (Å²) in [6.07, 6.45) is 6.87. The lowest BCUT2D eigenvalue weighted by Gasteiger charge is -2.35. The van der Waals surface area contributed by atoms with Crippen LogP contribution in [0.1, 0.15) is 60.3 Å². The minimum atomic E-state index is 0.00894. The summed E-state index contributed by atoms with van der Waals surface area (Å²) in [6.45, 7) is 6.21. The maximum atomic E-state index is 13.3. The van der Waals surface area contributed by atoms with Gasteiger partial charge in [-0.25, -0.2) is 4.98 Å². The van der Waals surface area contributed by atoms with E-state index in [0.717, 1.165) is 34.8 Å². The zero-order valence-electron chi connectivity index (χ0n) is 17.8. The number of hydrogen-bond acceptors (Lipinski definition) is 4. The molecule has 4 rings (SSSR count). The fourth-order valence-corrected chi connectivity index (χ4v) is 4.85. The first-order chi connectivity index (χ1) is 13.9. The molecule has 7 nitrogen and oxygen atoms in total. The van der Waals surface area contributed by atoms with Crippen LogP contribution in [0.4, 0.5) is 0 Å².